The molecule has 0 N–H and O–H groups in total. The first-order valence-electron chi connectivity index (χ1n) is 10.5. The molecule has 2 heterocycles. The zero-order valence-electron chi connectivity index (χ0n) is 17.5. The van der Waals surface area contributed by atoms with Crippen molar-refractivity contribution in [1.82, 2.24) is 4.98 Å². The third kappa shape index (κ3) is 4.31. The summed E-state index contributed by atoms with van der Waals surface area (Å²) in [6.07, 6.45) is -1.06. The van der Waals surface area contributed by atoms with Gasteiger partial charge in [-0.3, -0.25) is 4.79 Å². The normalized spacial score (nSPS) is 11.8. The molecule has 0 bridgehead atoms. The van der Waals surface area contributed by atoms with Crippen LogP contribution in [0.1, 0.15) is 32.4 Å². The summed E-state index contributed by atoms with van der Waals surface area (Å²) in [6, 6.07) is 31.1. The van der Waals surface area contributed by atoms with Crippen LogP contribution >= 0.6 is 11.3 Å². The predicted octanol–water partition coefficient (Wildman–Crippen LogP) is 6.74. The highest BCUT2D eigenvalue weighted by molar-refractivity contribution is 7.13. The molecule has 0 amide bonds. The molecule has 0 aliphatic heterocycles. The summed E-state index contributed by atoms with van der Waals surface area (Å²) < 4.78 is 5.91. The van der Waals surface area contributed by atoms with Gasteiger partial charge in [0.15, 0.2) is 6.10 Å². The standard InChI is InChI=1S/C28H19NO3S/c30-26(19-10-3-1-4-11-19)27(20-12-5-2-6-13-20)32-28(31)22-18-24(25-16-9-17-33-25)29-23-15-8-7-14-21(22)23/h1-18,27H/t27-/m0/s1. The SMILES string of the molecule is O=C(O[C@H](C(=O)c1ccccc1)c1ccccc1)c1cc(-c2cccs2)nc2ccccc12. The number of para-hydroxylation sites is 1. The molecule has 33 heavy (non-hydrogen) atoms. The Morgan fingerprint density at radius 1 is 0.788 bits per heavy atom. The summed E-state index contributed by atoms with van der Waals surface area (Å²) in [7, 11) is 0. The lowest BCUT2D eigenvalue weighted by Crippen LogP contribution is -2.20. The molecule has 2 aromatic heterocycles. The van der Waals surface area contributed by atoms with E-state index in [1.54, 1.807) is 53.8 Å². The Kier molecular flexibility index (Phi) is 5.79. The third-order valence-electron chi connectivity index (χ3n) is 5.33. The first-order valence-corrected chi connectivity index (χ1v) is 11.4. The quantitative estimate of drug-likeness (QED) is 0.213. The molecule has 0 aliphatic rings. The highest BCUT2D eigenvalue weighted by Crippen LogP contribution is 2.30. The molecule has 5 aromatic rings. The number of Topliss-reactive ketones (excluding diaryl/α,β-unsaturated/α-hetero) is 1. The molecular formula is C28H19NO3S. The van der Waals surface area contributed by atoms with E-state index in [0.29, 0.717) is 33.3 Å². The molecule has 160 valence electrons. The van der Waals surface area contributed by atoms with Crippen LogP contribution in [0.4, 0.5) is 0 Å². The van der Waals surface area contributed by atoms with Crippen molar-refractivity contribution in [3.63, 3.8) is 0 Å². The van der Waals surface area contributed by atoms with E-state index in [-0.39, 0.29) is 5.78 Å². The van der Waals surface area contributed by atoms with Gasteiger partial charge >= 0.3 is 5.97 Å². The van der Waals surface area contributed by atoms with E-state index in [1.165, 1.54) is 0 Å². The molecule has 0 radical (unpaired) electrons. The van der Waals surface area contributed by atoms with Crippen LogP contribution in [0.5, 0.6) is 0 Å². The Labute approximate surface area is 195 Å². The highest BCUT2D eigenvalue weighted by atomic mass is 32.1. The monoisotopic (exact) mass is 449 g/mol. The Bertz CT molecular complexity index is 1410. The van der Waals surface area contributed by atoms with Crippen molar-refractivity contribution in [3.05, 3.63) is 125 Å². The van der Waals surface area contributed by atoms with Crippen molar-refractivity contribution < 1.29 is 14.3 Å². The van der Waals surface area contributed by atoms with Crippen molar-refractivity contribution >= 4 is 34.0 Å². The van der Waals surface area contributed by atoms with Crippen LogP contribution in [-0.4, -0.2) is 16.7 Å². The van der Waals surface area contributed by atoms with Gasteiger partial charge in [0.2, 0.25) is 5.78 Å². The fraction of sp³-hybridized carbons (Fsp3) is 0.0357. The van der Waals surface area contributed by atoms with Crippen LogP contribution in [0.25, 0.3) is 21.5 Å². The van der Waals surface area contributed by atoms with Crippen LogP contribution in [0.3, 0.4) is 0 Å². The zero-order valence-corrected chi connectivity index (χ0v) is 18.4. The second-order valence-electron chi connectivity index (χ2n) is 7.48. The van der Waals surface area contributed by atoms with Gasteiger partial charge in [0, 0.05) is 16.5 Å². The molecule has 0 aliphatic carbocycles. The molecule has 4 nitrogen and oxygen atoms in total. The molecule has 1 atom stereocenters. The van der Waals surface area contributed by atoms with Crippen molar-refractivity contribution in [2.75, 3.05) is 0 Å². The summed E-state index contributed by atoms with van der Waals surface area (Å²) in [5.74, 6) is -0.837. The fourth-order valence-corrected chi connectivity index (χ4v) is 4.41. The number of carbonyl (C=O) groups is 2. The predicted molar refractivity (Wildman–Crippen MR) is 130 cm³/mol. The van der Waals surface area contributed by atoms with Crippen molar-refractivity contribution in [2.45, 2.75) is 6.10 Å². The number of aromatic nitrogens is 1. The largest absolute Gasteiger partial charge is 0.445 e. The lowest BCUT2D eigenvalue weighted by atomic mass is 9.99. The zero-order chi connectivity index (χ0) is 22.6. The van der Waals surface area contributed by atoms with Crippen LogP contribution in [0.15, 0.2) is 109 Å². The number of hydrogen-bond acceptors (Lipinski definition) is 5. The Hall–Kier alpha value is -4.09. The Morgan fingerprint density at radius 2 is 1.48 bits per heavy atom. The molecule has 0 spiro atoms. The number of fused-ring (bicyclic) bond motifs is 1. The van der Waals surface area contributed by atoms with Crippen LogP contribution in [0.2, 0.25) is 0 Å². The number of ether oxygens (including phenoxy) is 1. The molecule has 3 aromatic carbocycles. The van der Waals surface area contributed by atoms with Crippen LogP contribution < -0.4 is 0 Å². The molecule has 0 saturated heterocycles. The maximum absolute atomic E-state index is 13.5. The van der Waals surface area contributed by atoms with Gasteiger partial charge < -0.3 is 4.74 Å². The lowest BCUT2D eigenvalue weighted by molar-refractivity contribution is 0.0282. The van der Waals surface area contributed by atoms with Gasteiger partial charge in [0.25, 0.3) is 0 Å². The Morgan fingerprint density at radius 3 is 2.21 bits per heavy atom. The molecule has 0 unspecified atom stereocenters. The molecular weight excluding hydrogens is 430 g/mol. The van der Waals surface area contributed by atoms with Gasteiger partial charge in [-0.25, -0.2) is 9.78 Å². The first kappa shape index (κ1) is 20.8. The van der Waals surface area contributed by atoms with Crippen molar-refractivity contribution in [1.29, 1.82) is 0 Å². The van der Waals surface area contributed by atoms with Gasteiger partial charge in [-0.2, -0.15) is 0 Å². The number of hydrogen-bond donors (Lipinski definition) is 0. The van der Waals surface area contributed by atoms with E-state index in [9.17, 15) is 9.59 Å². The average molecular weight is 450 g/mol. The number of esters is 1. The van der Waals surface area contributed by atoms with E-state index in [1.807, 2.05) is 66.0 Å². The van der Waals surface area contributed by atoms with E-state index < -0.39 is 12.1 Å². The topological polar surface area (TPSA) is 56.3 Å². The smallest absolute Gasteiger partial charge is 0.339 e. The van der Waals surface area contributed by atoms with Gasteiger partial charge in [0.1, 0.15) is 0 Å². The average Bonchev–Trinajstić information content (AvgIpc) is 3.42. The molecule has 5 rings (SSSR count). The van der Waals surface area contributed by atoms with Gasteiger partial charge in [-0.1, -0.05) is 84.9 Å². The first-order chi connectivity index (χ1) is 16.2. The third-order valence-corrected chi connectivity index (χ3v) is 6.23. The minimum absolute atomic E-state index is 0.271. The van der Waals surface area contributed by atoms with Crippen LogP contribution in [-0.2, 0) is 4.74 Å². The number of benzene rings is 3. The van der Waals surface area contributed by atoms with Gasteiger partial charge in [-0.15, -0.1) is 11.3 Å². The fourth-order valence-electron chi connectivity index (χ4n) is 3.72. The number of ketones is 1. The maximum atomic E-state index is 13.5. The summed E-state index contributed by atoms with van der Waals surface area (Å²) >= 11 is 1.55. The summed E-state index contributed by atoms with van der Waals surface area (Å²) in [6.45, 7) is 0. The second kappa shape index (κ2) is 9.18. The van der Waals surface area contributed by atoms with Crippen molar-refractivity contribution in [2.24, 2.45) is 0 Å². The van der Waals surface area contributed by atoms with Crippen LogP contribution in [0, 0.1) is 0 Å². The summed E-state index contributed by atoms with van der Waals surface area (Å²) in [5, 5.41) is 2.65. The van der Waals surface area contributed by atoms with E-state index in [0.717, 1.165) is 4.88 Å². The molecule has 0 saturated carbocycles. The molecule has 0 fully saturated rings. The lowest BCUT2D eigenvalue weighted by Gasteiger charge is -2.18. The summed E-state index contributed by atoms with van der Waals surface area (Å²) in [4.78, 5) is 32.5. The van der Waals surface area contributed by atoms with E-state index in [2.05, 4.69) is 0 Å². The number of thiophene rings is 1. The highest BCUT2D eigenvalue weighted by Gasteiger charge is 2.27. The number of pyridine rings is 1. The summed E-state index contributed by atoms with van der Waals surface area (Å²) in [5.41, 5.74) is 2.88. The minimum atomic E-state index is -1.06. The van der Waals surface area contributed by atoms with E-state index >= 15 is 0 Å². The maximum Gasteiger partial charge on any atom is 0.339 e. The minimum Gasteiger partial charge on any atom is -0.445 e. The number of carbonyl (C=O) groups excluding carboxylic acids is 2. The van der Waals surface area contributed by atoms with E-state index in [4.69, 9.17) is 9.72 Å². The Balaban J connectivity index is 1.57. The number of nitrogens with zero attached hydrogens (tertiary/aromatic N) is 1. The van der Waals surface area contributed by atoms with Gasteiger partial charge in [-0.05, 0) is 23.6 Å². The van der Waals surface area contributed by atoms with Gasteiger partial charge in [0.05, 0.1) is 21.7 Å². The number of rotatable bonds is 6. The van der Waals surface area contributed by atoms with Crippen molar-refractivity contribution in [3.8, 4) is 10.6 Å². The molecule has 5 heteroatoms. The second-order valence-corrected chi connectivity index (χ2v) is 8.42.